The number of benzene rings is 4. The van der Waals surface area contributed by atoms with Crippen molar-refractivity contribution in [2.75, 3.05) is 25.5 Å². The second kappa shape index (κ2) is 12.9. The Hall–Kier alpha value is -4.09. The van der Waals surface area contributed by atoms with E-state index in [2.05, 4.69) is 127 Å². The molecular formula is C33H38N4O. The number of methoxy groups -OCH3 is 1. The van der Waals surface area contributed by atoms with Crippen molar-refractivity contribution in [1.82, 2.24) is 10.2 Å². The van der Waals surface area contributed by atoms with Crippen LogP contribution in [0.5, 0.6) is 5.75 Å². The van der Waals surface area contributed by atoms with Crippen LogP contribution in [0.15, 0.2) is 120 Å². The van der Waals surface area contributed by atoms with Crippen LogP contribution in [0.3, 0.4) is 0 Å². The number of hydrogen-bond acceptors (Lipinski definition) is 4. The summed E-state index contributed by atoms with van der Waals surface area (Å²) in [5, 5.41) is 7.62. The molecule has 1 unspecified atom stereocenters. The maximum atomic E-state index is 5.38. The predicted molar refractivity (Wildman–Crippen MR) is 159 cm³/mol. The van der Waals surface area contributed by atoms with Gasteiger partial charge in [0, 0.05) is 18.8 Å². The van der Waals surface area contributed by atoms with E-state index in [0.29, 0.717) is 0 Å². The first-order valence-electron chi connectivity index (χ1n) is 13.2. The van der Waals surface area contributed by atoms with E-state index in [9.17, 15) is 0 Å². The number of anilines is 1. The van der Waals surface area contributed by atoms with E-state index < -0.39 is 11.8 Å². The van der Waals surface area contributed by atoms with Crippen LogP contribution < -0.4 is 15.4 Å². The monoisotopic (exact) mass is 506 g/mol. The summed E-state index contributed by atoms with van der Waals surface area (Å²) in [6, 6.07) is 39.7. The van der Waals surface area contributed by atoms with Crippen molar-refractivity contribution in [2.45, 2.75) is 32.6 Å². The topological polar surface area (TPSA) is 48.9 Å². The van der Waals surface area contributed by atoms with E-state index in [1.807, 2.05) is 24.3 Å². The largest absolute Gasteiger partial charge is 0.497 e. The summed E-state index contributed by atoms with van der Waals surface area (Å²) < 4.78 is 5.38. The molecule has 0 saturated heterocycles. The van der Waals surface area contributed by atoms with E-state index >= 15 is 0 Å². The molecule has 4 aromatic rings. The summed E-state index contributed by atoms with van der Waals surface area (Å²) in [4.78, 5) is 7.47. The molecule has 0 spiro atoms. The molecule has 0 aromatic heterocycles. The second-order valence-corrected chi connectivity index (χ2v) is 9.12. The van der Waals surface area contributed by atoms with Gasteiger partial charge in [-0.05, 0) is 61.7 Å². The van der Waals surface area contributed by atoms with Crippen LogP contribution in [-0.2, 0) is 5.54 Å². The lowest BCUT2D eigenvalue weighted by Gasteiger charge is -2.40. The van der Waals surface area contributed by atoms with Crippen molar-refractivity contribution in [2.24, 2.45) is 4.99 Å². The van der Waals surface area contributed by atoms with Crippen LogP contribution in [0.25, 0.3) is 0 Å². The van der Waals surface area contributed by atoms with Gasteiger partial charge in [-0.2, -0.15) is 0 Å². The number of rotatable bonds is 11. The van der Waals surface area contributed by atoms with Gasteiger partial charge in [0.05, 0.1) is 18.5 Å². The van der Waals surface area contributed by atoms with Gasteiger partial charge in [0.25, 0.3) is 0 Å². The number of nitrogens with one attached hydrogen (secondary N) is 2. The van der Waals surface area contributed by atoms with Crippen LogP contribution in [0.1, 0.15) is 37.5 Å². The van der Waals surface area contributed by atoms with Crippen molar-refractivity contribution >= 4 is 11.5 Å². The molecule has 1 atom stereocenters. The van der Waals surface area contributed by atoms with Gasteiger partial charge in [0.15, 0.2) is 6.29 Å². The Bertz CT molecular complexity index is 1170. The molecule has 4 aromatic carbocycles. The minimum Gasteiger partial charge on any atom is -0.497 e. The minimum atomic E-state index is -0.666. The lowest BCUT2D eigenvalue weighted by molar-refractivity contribution is 0.408. The number of ether oxygens (including phenoxy) is 1. The average molecular weight is 507 g/mol. The van der Waals surface area contributed by atoms with Crippen molar-refractivity contribution in [3.8, 4) is 5.75 Å². The maximum absolute atomic E-state index is 5.38. The molecule has 0 bridgehead atoms. The van der Waals surface area contributed by atoms with Crippen molar-refractivity contribution < 1.29 is 4.74 Å². The molecular weight excluding hydrogens is 468 g/mol. The normalized spacial score (nSPS) is 12.6. The molecule has 196 valence electrons. The Morgan fingerprint density at radius 3 is 1.58 bits per heavy atom. The Kier molecular flexibility index (Phi) is 9.17. The van der Waals surface area contributed by atoms with Crippen LogP contribution in [0.4, 0.5) is 5.69 Å². The Morgan fingerprint density at radius 1 is 0.737 bits per heavy atom. The molecule has 0 radical (unpaired) electrons. The van der Waals surface area contributed by atoms with Gasteiger partial charge in [-0.25, -0.2) is 4.99 Å². The molecule has 4 rings (SSSR count). The van der Waals surface area contributed by atoms with Gasteiger partial charge in [-0.3, -0.25) is 5.32 Å². The summed E-state index contributed by atoms with van der Waals surface area (Å²) in [5.74, 6) is 1.78. The van der Waals surface area contributed by atoms with E-state index in [1.165, 1.54) is 0 Å². The van der Waals surface area contributed by atoms with E-state index in [0.717, 1.165) is 47.1 Å². The summed E-state index contributed by atoms with van der Waals surface area (Å²) in [7, 11) is 1.68. The first kappa shape index (κ1) is 27.0. The SMILES string of the molecule is CCN(CC)/C(C)=N/C(Nc1ccc(OC)cc1)NC(c1ccccc1)(c1ccccc1)c1ccccc1. The Balaban J connectivity index is 1.89. The first-order chi connectivity index (χ1) is 18.6. The lowest BCUT2D eigenvalue weighted by Crippen LogP contribution is -2.52. The number of aliphatic imine (C=N–C) groups is 1. The highest BCUT2D eigenvalue weighted by atomic mass is 16.5. The second-order valence-electron chi connectivity index (χ2n) is 9.12. The summed E-state index contributed by atoms with van der Waals surface area (Å²) in [5.41, 5.74) is 3.68. The standard InChI is InChI=1S/C33H38N4O/c1-5-37(6-2)26(3)34-32(35-30-22-24-31(38-4)25-23-30)36-33(27-16-10-7-11-17-27,28-18-12-8-13-19-28)29-20-14-9-15-21-29/h7-25,32,35-36H,5-6H2,1-4H3/b34-26+. The highest BCUT2D eigenvalue weighted by Gasteiger charge is 2.38. The summed E-state index contributed by atoms with van der Waals surface area (Å²) in [6.45, 7) is 8.17. The van der Waals surface area contributed by atoms with Gasteiger partial charge in [-0.1, -0.05) is 91.0 Å². The van der Waals surface area contributed by atoms with E-state index in [1.54, 1.807) is 7.11 Å². The molecule has 38 heavy (non-hydrogen) atoms. The predicted octanol–water partition coefficient (Wildman–Crippen LogP) is 6.73. The van der Waals surface area contributed by atoms with Gasteiger partial charge < -0.3 is 15.0 Å². The minimum absolute atomic E-state index is 0.440. The van der Waals surface area contributed by atoms with Crippen molar-refractivity contribution in [1.29, 1.82) is 0 Å². The molecule has 5 heteroatoms. The molecule has 0 aliphatic carbocycles. The molecule has 0 fully saturated rings. The third-order valence-corrected chi connectivity index (χ3v) is 6.90. The fourth-order valence-corrected chi connectivity index (χ4v) is 4.92. The average Bonchev–Trinajstić information content (AvgIpc) is 2.98. The number of hydrogen-bond donors (Lipinski definition) is 2. The van der Waals surface area contributed by atoms with E-state index in [4.69, 9.17) is 9.73 Å². The zero-order chi connectivity index (χ0) is 26.8. The van der Waals surface area contributed by atoms with Crippen molar-refractivity contribution in [3.05, 3.63) is 132 Å². The van der Waals surface area contributed by atoms with Gasteiger partial charge in [0.1, 0.15) is 5.75 Å². The van der Waals surface area contributed by atoms with Crippen LogP contribution in [0.2, 0.25) is 0 Å². The highest BCUT2D eigenvalue weighted by molar-refractivity contribution is 5.80. The maximum Gasteiger partial charge on any atom is 0.176 e. The number of nitrogens with zero attached hydrogens (tertiary/aromatic N) is 2. The molecule has 0 aliphatic heterocycles. The van der Waals surface area contributed by atoms with Gasteiger partial charge in [-0.15, -0.1) is 0 Å². The van der Waals surface area contributed by atoms with Crippen LogP contribution in [-0.4, -0.2) is 37.2 Å². The summed E-state index contributed by atoms with van der Waals surface area (Å²) >= 11 is 0. The Labute approximate surface area is 227 Å². The zero-order valence-corrected chi connectivity index (χ0v) is 22.8. The van der Waals surface area contributed by atoms with E-state index in [-0.39, 0.29) is 0 Å². The molecule has 0 aliphatic rings. The molecule has 2 N–H and O–H groups in total. The molecule has 5 nitrogen and oxygen atoms in total. The van der Waals surface area contributed by atoms with Crippen LogP contribution in [0, 0.1) is 0 Å². The summed E-state index contributed by atoms with van der Waals surface area (Å²) in [6.07, 6.45) is -0.440. The fourth-order valence-electron chi connectivity index (χ4n) is 4.92. The van der Waals surface area contributed by atoms with Crippen molar-refractivity contribution in [3.63, 3.8) is 0 Å². The quantitative estimate of drug-likeness (QED) is 0.102. The third kappa shape index (κ3) is 6.06. The molecule has 0 saturated carbocycles. The fraction of sp³-hybridized carbons (Fsp3) is 0.242. The number of amidine groups is 1. The zero-order valence-electron chi connectivity index (χ0n) is 22.8. The smallest absolute Gasteiger partial charge is 0.176 e. The molecule has 0 amide bonds. The highest BCUT2D eigenvalue weighted by Crippen LogP contribution is 2.37. The Morgan fingerprint density at radius 2 is 1.18 bits per heavy atom. The van der Waals surface area contributed by atoms with Crippen LogP contribution >= 0.6 is 0 Å². The lowest BCUT2D eigenvalue weighted by atomic mass is 9.77. The third-order valence-electron chi connectivity index (χ3n) is 6.90. The molecule has 0 heterocycles. The first-order valence-corrected chi connectivity index (χ1v) is 13.2. The van der Waals surface area contributed by atoms with Gasteiger partial charge >= 0.3 is 0 Å². The van der Waals surface area contributed by atoms with Gasteiger partial charge in [0.2, 0.25) is 0 Å².